The van der Waals surface area contributed by atoms with Gasteiger partial charge in [0.15, 0.2) is 5.75 Å². The minimum atomic E-state index is -0.661. The number of methoxy groups -OCH3 is 2. The van der Waals surface area contributed by atoms with Crippen LogP contribution in [0.4, 0.5) is 10.7 Å². The molecule has 2 aliphatic heterocycles. The first-order chi connectivity index (χ1) is 14.3. The zero-order valence-corrected chi connectivity index (χ0v) is 18.0. The third kappa shape index (κ3) is 2.84. The maximum absolute atomic E-state index is 13.3. The molecule has 1 aromatic carbocycles. The fraction of sp³-hybridized carbons (Fsp3) is 0.429. The fourth-order valence-corrected chi connectivity index (χ4v) is 3.99. The van der Waals surface area contributed by atoms with Crippen LogP contribution in [-0.4, -0.2) is 60.0 Å². The van der Waals surface area contributed by atoms with Crippen LogP contribution in [0, 0.1) is 12.8 Å². The molecule has 4 rings (SSSR count). The van der Waals surface area contributed by atoms with Crippen LogP contribution < -0.4 is 14.0 Å². The third-order valence-corrected chi connectivity index (χ3v) is 5.38. The number of aromatic nitrogens is 2. The highest BCUT2D eigenvalue weighted by molar-refractivity contribution is 6.19. The zero-order valence-electron chi connectivity index (χ0n) is 18.0. The summed E-state index contributed by atoms with van der Waals surface area (Å²) in [6, 6.07) is 4.52. The molecule has 1 unspecified atom stereocenters. The molecule has 0 bridgehead atoms. The monoisotopic (exact) mass is 412 g/mol. The molecule has 9 nitrogen and oxygen atoms in total. The van der Waals surface area contributed by atoms with Crippen LogP contribution in [0.2, 0.25) is 0 Å². The topological polar surface area (TPSA) is 80.2 Å². The van der Waals surface area contributed by atoms with Crippen LogP contribution in [0.5, 0.6) is 11.5 Å². The number of amidine groups is 1. The summed E-state index contributed by atoms with van der Waals surface area (Å²) in [5.74, 6) is 2.20. The number of carbonyl (C=O) groups is 2. The van der Waals surface area contributed by atoms with E-state index < -0.39 is 6.04 Å². The summed E-state index contributed by atoms with van der Waals surface area (Å²) in [5.41, 5.74) is 1.66. The van der Waals surface area contributed by atoms with Gasteiger partial charge in [-0.2, -0.15) is 4.57 Å². The van der Waals surface area contributed by atoms with Gasteiger partial charge in [0, 0.05) is 19.7 Å². The molecular formula is C21H26N5O4+. The maximum atomic E-state index is 13.3. The van der Waals surface area contributed by atoms with Crippen molar-refractivity contribution in [2.24, 2.45) is 10.9 Å². The van der Waals surface area contributed by atoms with Gasteiger partial charge in [0.2, 0.25) is 11.9 Å². The lowest BCUT2D eigenvalue weighted by Gasteiger charge is -2.33. The molecule has 9 heteroatoms. The van der Waals surface area contributed by atoms with Crippen molar-refractivity contribution in [1.82, 2.24) is 14.4 Å². The lowest BCUT2D eigenvalue weighted by atomic mass is 10.1. The molecule has 30 heavy (non-hydrogen) atoms. The van der Waals surface area contributed by atoms with Crippen molar-refractivity contribution in [2.75, 3.05) is 27.8 Å². The van der Waals surface area contributed by atoms with Crippen LogP contribution in [-0.2, 0) is 4.79 Å². The van der Waals surface area contributed by atoms with E-state index in [4.69, 9.17) is 14.5 Å². The van der Waals surface area contributed by atoms with Crippen molar-refractivity contribution in [2.45, 2.75) is 26.8 Å². The lowest BCUT2D eigenvalue weighted by molar-refractivity contribution is -0.676. The first-order valence-corrected chi connectivity index (χ1v) is 9.82. The Morgan fingerprint density at radius 1 is 1.20 bits per heavy atom. The van der Waals surface area contributed by atoms with Gasteiger partial charge in [-0.25, -0.2) is 9.36 Å². The predicted molar refractivity (Wildman–Crippen MR) is 110 cm³/mol. The Morgan fingerprint density at radius 2 is 1.93 bits per heavy atom. The van der Waals surface area contributed by atoms with Gasteiger partial charge >= 0.3 is 12.0 Å². The summed E-state index contributed by atoms with van der Waals surface area (Å²) in [6.07, 6.45) is 1.88. The number of nitrogens with zero attached hydrogens (tertiary/aromatic N) is 5. The smallest absolute Gasteiger partial charge is 0.407 e. The lowest BCUT2D eigenvalue weighted by Crippen LogP contribution is -2.63. The second-order valence-electron chi connectivity index (χ2n) is 7.91. The maximum Gasteiger partial charge on any atom is 0.407 e. The van der Waals surface area contributed by atoms with Gasteiger partial charge < -0.3 is 9.47 Å². The molecule has 3 amide bonds. The van der Waals surface area contributed by atoms with Gasteiger partial charge in [-0.15, -0.1) is 0 Å². The molecule has 0 spiro atoms. The van der Waals surface area contributed by atoms with E-state index in [2.05, 4.69) is 0 Å². The summed E-state index contributed by atoms with van der Waals surface area (Å²) in [5, 5.41) is 0. The quantitative estimate of drug-likeness (QED) is 0.706. The van der Waals surface area contributed by atoms with Crippen LogP contribution in [0.1, 0.15) is 25.6 Å². The molecule has 158 valence electrons. The highest BCUT2D eigenvalue weighted by Crippen LogP contribution is 2.35. The van der Waals surface area contributed by atoms with E-state index in [0.29, 0.717) is 29.8 Å². The Morgan fingerprint density at radius 3 is 2.57 bits per heavy atom. The Bertz CT molecular complexity index is 1070. The Labute approximate surface area is 175 Å². The van der Waals surface area contributed by atoms with Crippen LogP contribution in [0.3, 0.4) is 0 Å². The van der Waals surface area contributed by atoms with Crippen LogP contribution in [0.25, 0.3) is 5.69 Å². The number of rotatable bonds is 5. The number of hydrogen-bond acceptors (Lipinski definition) is 5. The minimum Gasteiger partial charge on any atom is -0.497 e. The minimum absolute atomic E-state index is 0.172. The number of carbonyl (C=O) groups excluding carboxylic acids is 2. The molecule has 0 saturated carbocycles. The molecule has 0 aliphatic carbocycles. The van der Waals surface area contributed by atoms with Crippen LogP contribution in [0.15, 0.2) is 29.4 Å². The van der Waals surface area contributed by atoms with Crippen molar-refractivity contribution in [1.29, 1.82) is 0 Å². The molecule has 2 aromatic rings. The van der Waals surface area contributed by atoms with E-state index in [1.807, 2.05) is 48.2 Å². The number of ether oxygens (including phenoxy) is 2. The highest BCUT2D eigenvalue weighted by Gasteiger charge is 2.53. The van der Waals surface area contributed by atoms with Gasteiger partial charge in [0.1, 0.15) is 23.3 Å². The summed E-state index contributed by atoms with van der Waals surface area (Å²) >= 11 is 0. The number of aliphatic imine (C=N–C) groups is 1. The second-order valence-corrected chi connectivity index (χ2v) is 7.91. The predicted octanol–water partition coefficient (Wildman–Crippen LogP) is 2.23. The highest BCUT2D eigenvalue weighted by atomic mass is 16.5. The van der Waals surface area contributed by atoms with Gasteiger partial charge in [0.25, 0.3) is 5.91 Å². The van der Waals surface area contributed by atoms with Crippen molar-refractivity contribution in [3.63, 3.8) is 0 Å². The molecule has 3 heterocycles. The molecule has 1 aromatic heterocycles. The largest absolute Gasteiger partial charge is 0.497 e. The molecule has 1 atom stereocenters. The van der Waals surface area contributed by atoms with Crippen molar-refractivity contribution in [3.8, 4) is 17.2 Å². The number of urea groups is 1. The number of aryl methyl sites for hydroxylation is 1. The van der Waals surface area contributed by atoms with Crippen molar-refractivity contribution < 1.29 is 23.6 Å². The van der Waals surface area contributed by atoms with Gasteiger partial charge in [-0.1, -0.05) is 18.8 Å². The Hall–Kier alpha value is -3.36. The molecule has 1 fully saturated rings. The van der Waals surface area contributed by atoms with E-state index in [1.54, 1.807) is 27.3 Å². The van der Waals surface area contributed by atoms with E-state index >= 15 is 0 Å². The summed E-state index contributed by atoms with van der Waals surface area (Å²) in [6.45, 7) is 6.27. The standard InChI is InChI=1S/C21H26N5O4/c1-12(2)10-25-19(27)17-18(23(4)21(25)28)22-20-24(17)11-13(3)26(20)15-8-7-14(29-5)9-16(15)30-6/h7-9,11-12,17H,10H2,1-6H3/q+1. The van der Waals surface area contributed by atoms with Crippen LogP contribution >= 0.6 is 0 Å². The molecular weight excluding hydrogens is 386 g/mol. The number of benzene rings is 1. The van der Waals surface area contributed by atoms with Crippen molar-refractivity contribution >= 4 is 23.7 Å². The first-order valence-electron chi connectivity index (χ1n) is 9.82. The third-order valence-electron chi connectivity index (χ3n) is 5.38. The van der Waals surface area contributed by atoms with E-state index in [1.165, 1.54) is 9.80 Å². The fourth-order valence-electron chi connectivity index (χ4n) is 3.99. The van der Waals surface area contributed by atoms with Gasteiger partial charge in [-0.05, 0) is 25.0 Å². The number of amides is 3. The average Bonchev–Trinajstić information content (AvgIpc) is 3.23. The number of imide groups is 1. The SMILES string of the molecule is COc1ccc(-n2c(C)c[n+]3c2N=C2C3C(=O)N(CC(C)C)C(=O)N2C)c(OC)c1. The first kappa shape index (κ1) is 19.9. The number of imidazole rings is 1. The van der Waals surface area contributed by atoms with E-state index in [-0.39, 0.29) is 17.9 Å². The van der Waals surface area contributed by atoms with Crippen molar-refractivity contribution in [3.05, 3.63) is 30.1 Å². The molecule has 0 radical (unpaired) electrons. The Kier molecular flexibility index (Phi) is 4.76. The molecule has 1 saturated heterocycles. The average molecular weight is 412 g/mol. The van der Waals surface area contributed by atoms with Gasteiger partial charge in [-0.3, -0.25) is 14.6 Å². The van der Waals surface area contributed by atoms with Gasteiger partial charge in [0.05, 0.1) is 14.2 Å². The number of hydrogen-bond donors (Lipinski definition) is 0. The van der Waals surface area contributed by atoms with E-state index in [9.17, 15) is 9.59 Å². The normalized spacial score (nSPS) is 18.0. The summed E-state index contributed by atoms with van der Waals surface area (Å²) in [7, 11) is 4.85. The second kappa shape index (κ2) is 7.16. The number of likely N-dealkylation sites (N-methyl/N-ethyl adjacent to an activating group) is 1. The summed E-state index contributed by atoms with van der Waals surface area (Å²) < 4.78 is 14.6. The Balaban J connectivity index is 1.85. The van der Waals surface area contributed by atoms with E-state index in [0.717, 1.165) is 11.4 Å². The molecule has 0 N–H and O–H groups in total. The molecule has 2 aliphatic rings. The summed E-state index contributed by atoms with van der Waals surface area (Å²) in [4.78, 5) is 33.5. The number of fused-ring (bicyclic) bond motifs is 3. The zero-order chi connectivity index (χ0) is 21.7.